The number of nitrogens with zero attached hydrogens (tertiary/aromatic N) is 4. The number of benzene rings is 2. The molecule has 284 valence electrons. The van der Waals surface area contributed by atoms with Gasteiger partial charge < -0.3 is 29.3 Å². The van der Waals surface area contributed by atoms with Crippen LogP contribution in [0, 0.1) is 55.3 Å². The largest absolute Gasteiger partial charge is 0.465 e. The van der Waals surface area contributed by atoms with E-state index in [1.54, 1.807) is 18.1 Å². The van der Waals surface area contributed by atoms with Crippen molar-refractivity contribution in [2.24, 2.45) is 17.3 Å². The standard InChI is InChI=1S/C41H50N4O5.2C2H2/c1-5-19-45(39(47)35-14-12-28-9-7-8-10-34(28)42-35)26-38(46)44-22-20-43(21-23-44)36-25-32-29(24-37(36)50-27-49-4)11-13-31-30(32)15-17-40(3)33(31)16-18-41(40,48)6-2;2*1-2/h2,7-10,12,14,24-25,30-31,33,48H,5,11,13,15-23,26-27H2,1,3-4H3;2*1-2H/t30?,31-,33?,40+,41+;;/m1../s1. The Balaban J connectivity index is 0.00000136. The molecule has 3 fully saturated rings. The van der Waals surface area contributed by atoms with E-state index in [1.165, 1.54) is 11.1 Å². The van der Waals surface area contributed by atoms with Gasteiger partial charge in [0.2, 0.25) is 5.91 Å². The van der Waals surface area contributed by atoms with Crippen molar-refractivity contribution in [2.45, 2.75) is 70.3 Å². The Morgan fingerprint density at radius 1 is 1.02 bits per heavy atom. The summed E-state index contributed by atoms with van der Waals surface area (Å²) in [6.45, 7) is 7.34. The number of ether oxygens (including phenoxy) is 2. The summed E-state index contributed by atoms with van der Waals surface area (Å²) < 4.78 is 11.5. The SMILES string of the molecule is C#C.C#C.C#C[C@]1(O)CCC2[C@@H]3CCc4cc(OCOC)c(N5CCN(C(=O)CN(CCC)C(=O)c6ccc7ccccc7n6)CC5)cc4C3CC[C@@]21C. The zero-order valence-electron chi connectivity index (χ0n) is 32.0. The van der Waals surface area contributed by atoms with Gasteiger partial charge in [-0.2, -0.15) is 0 Å². The summed E-state index contributed by atoms with van der Waals surface area (Å²) in [7, 11) is 1.63. The van der Waals surface area contributed by atoms with Crippen LogP contribution in [0.15, 0.2) is 48.5 Å². The normalized spacial score (nSPS) is 25.3. The lowest BCUT2D eigenvalue weighted by atomic mass is 9.53. The number of aromatic nitrogens is 1. The Morgan fingerprint density at radius 2 is 1.76 bits per heavy atom. The van der Waals surface area contributed by atoms with Crippen LogP contribution in [-0.2, 0) is 16.0 Å². The molecule has 1 aromatic heterocycles. The minimum Gasteiger partial charge on any atom is -0.465 e. The first-order valence-electron chi connectivity index (χ1n) is 19.0. The Labute approximate surface area is 321 Å². The van der Waals surface area contributed by atoms with Crippen LogP contribution in [0.25, 0.3) is 10.9 Å². The number of carbonyl (C=O) groups is 2. The van der Waals surface area contributed by atoms with Gasteiger partial charge in [-0.3, -0.25) is 9.59 Å². The Morgan fingerprint density at radius 3 is 2.46 bits per heavy atom. The van der Waals surface area contributed by atoms with Gasteiger partial charge in [0, 0.05) is 50.6 Å². The second kappa shape index (κ2) is 17.4. The smallest absolute Gasteiger partial charge is 0.272 e. The van der Waals surface area contributed by atoms with E-state index in [-0.39, 0.29) is 30.6 Å². The molecule has 2 heterocycles. The molecule has 54 heavy (non-hydrogen) atoms. The lowest BCUT2D eigenvalue weighted by Crippen LogP contribution is -2.52. The molecule has 1 N–H and O–H groups in total. The number of anilines is 1. The van der Waals surface area contributed by atoms with Crippen LogP contribution in [0.5, 0.6) is 5.75 Å². The molecule has 1 aliphatic heterocycles. The quantitative estimate of drug-likeness (QED) is 0.209. The molecule has 1 saturated heterocycles. The maximum atomic E-state index is 13.6. The van der Waals surface area contributed by atoms with E-state index >= 15 is 0 Å². The molecule has 3 aromatic rings. The highest BCUT2D eigenvalue weighted by Crippen LogP contribution is 2.64. The number of para-hydroxylation sites is 1. The Hall–Kier alpha value is -5.01. The maximum Gasteiger partial charge on any atom is 0.272 e. The maximum absolute atomic E-state index is 13.6. The number of terminal acetylenes is 3. The average Bonchev–Trinajstić information content (AvgIpc) is 3.50. The lowest BCUT2D eigenvalue weighted by Gasteiger charge is -2.52. The van der Waals surface area contributed by atoms with E-state index in [4.69, 9.17) is 15.9 Å². The number of rotatable bonds is 9. The molecule has 0 spiro atoms. The third-order valence-electron chi connectivity index (χ3n) is 12.4. The summed E-state index contributed by atoms with van der Waals surface area (Å²) in [6.07, 6.45) is 28.3. The summed E-state index contributed by atoms with van der Waals surface area (Å²) >= 11 is 0. The van der Waals surface area contributed by atoms with Crippen LogP contribution in [0.4, 0.5) is 5.69 Å². The highest BCUT2D eigenvalue weighted by atomic mass is 16.7. The minimum absolute atomic E-state index is 0.0280. The predicted octanol–water partition coefficient (Wildman–Crippen LogP) is 6.14. The van der Waals surface area contributed by atoms with E-state index in [2.05, 4.69) is 60.6 Å². The monoisotopic (exact) mass is 730 g/mol. The number of amides is 2. The van der Waals surface area contributed by atoms with Gasteiger partial charge >= 0.3 is 0 Å². The number of aryl methyl sites for hydroxylation is 1. The molecule has 2 amide bonds. The van der Waals surface area contributed by atoms with Crippen LogP contribution < -0.4 is 9.64 Å². The fourth-order valence-corrected chi connectivity index (χ4v) is 9.65. The van der Waals surface area contributed by atoms with Crippen molar-refractivity contribution in [3.05, 3.63) is 65.4 Å². The van der Waals surface area contributed by atoms with E-state index in [0.717, 1.165) is 60.9 Å². The van der Waals surface area contributed by atoms with Crippen molar-refractivity contribution in [1.29, 1.82) is 0 Å². The van der Waals surface area contributed by atoms with Crippen molar-refractivity contribution in [3.8, 4) is 43.8 Å². The van der Waals surface area contributed by atoms with E-state index in [1.807, 2.05) is 42.2 Å². The molecule has 2 unspecified atom stereocenters. The third-order valence-corrected chi connectivity index (χ3v) is 12.4. The number of hydrogen-bond acceptors (Lipinski definition) is 7. The van der Waals surface area contributed by atoms with Crippen LogP contribution in [0.3, 0.4) is 0 Å². The first kappa shape index (κ1) is 40.2. The number of hydrogen-bond donors (Lipinski definition) is 1. The molecule has 0 radical (unpaired) electrons. The molecule has 2 saturated carbocycles. The minimum atomic E-state index is -1.02. The Kier molecular flexibility index (Phi) is 13.0. The van der Waals surface area contributed by atoms with Gasteiger partial charge in [-0.1, -0.05) is 44.0 Å². The van der Waals surface area contributed by atoms with Gasteiger partial charge in [-0.25, -0.2) is 4.98 Å². The first-order valence-corrected chi connectivity index (χ1v) is 19.0. The van der Waals surface area contributed by atoms with E-state index in [0.29, 0.717) is 62.6 Å². The van der Waals surface area contributed by atoms with Gasteiger partial charge in [0.25, 0.3) is 5.91 Å². The summed E-state index contributed by atoms with van der Waals surface area (Å²) in [6, 6.07) is 15.9. The topological polar surface area (TPSA) is 95.4 Å². The zero-order chi connectivity index (χ0) is 39.0. The molecule has 4 aliphatic rings. The first-order chi connectivity index (χ1) is 26.2. The summed E-state index contributed by atoms with van der Waals surface area (Å²) in [5.41, 5.74) is 3.64. The van der Waals surface area contributed by atoms with Crippen molar-refractivity contribution >= 4 is 28.4 Å². The fourth-order valence-electron chi connectivity index (χ4n) is 9.65. The van der Waals surface area contributed by atoms with Gasteiger partial charge in [0.15, 0.2) is 6.79 Å². The van der Waals surface area contributed by atoms with Crippen molar-refractivity contribution in [3.63, 3.8) is 0 Å². The van der Waals surface area contributed by atoms with E-state index < -0.39 is 5.60 Å². The summed E-state index contributed by atoms with van der Waals surface area (Å²) in [5.74, 6) is 4.67. The zero-order valence-corrected chi connectivity index (χ0v) is 32.0. The van der Waals surface area contributed by atoms with Crippen molar-refractivity contribution in [2.75, 3.05) is 58.1 Å². The van der Waals surface area contributed by atoms with Crippen LogP contribution in [0.1, 0.15) is 79.9 Å². The lowest BCUT2D eigenvalue weighted by molar-refractivity contribution is -0.132. The fraction of sp³-hybridized carbons (Fsp3) is 0.489. The molecule has 0 bridgehead atoms. The Bertz CT molecular complexity index is 1880. The predicted molar refractivity (Wildman–Crippen MR) is 214 cm³/mol. The van der Waals surface area contributed by atoms with Gasteiger partial charge in [0.1, 0.15) is 23.6 Å². The summed E-state index contributed by atoms with van der Waals surface area (Å²) in [4.78, 5) is 37.6. The second-order valence-corrected chi connectivity index (χ2v) is 15.0. The highest BCUT2D eigenvalue weighted by molar-refractivity contribution is 5.97. The molecular formula is C45H54N4O5. The van der Waals surface area contributed by atoms with Gasteiger partial charge in [-0.05, 0) is 98.1 Å². The second-order valence-electron chi connectivity index (χ2n) is 15.0. The number of piperazine rings is 1. The third kappa shape index (κ3) is 7.52. The van der Waals surface area contributed by atoms with Gasteiger partial charge in [-0.15, -0.1) is 32.1 Å². The molecular weight excluding hydrogens is 677 g/mol. The summed E-state index contributed by atoms with van der Waals surface area (Å²) in [5, 5.41) is 12.4. The highest BCUT2D eigenvalue weighted by Gasteiger charge is 2.61. The molecule has 7 rings (SSSR count). The van der Waals surface area contributed by atoms with Crippen LogP contribution >= 0.6 is 0 Å². The number of methoxy groups -OCH3 is 1. The van der Waals surface area contributed by atoms with Crippen molar-refractivity contribution < 1.29 is 24.2 Å². The number of carbonyl (C=O) groups excluding carboxylic acids is 2. The molecule has 5 atom stereocenters. The van der Waals surface area contributed by atoms with Crippen LogP contribution in [0.2, 0.25) is 0 Å². The number of fused-ring (bicyclic) bond motifs is 6. The van der Waals surface area contributed by atoms with Crippen LogP contribution in [-0.4, -0.2) is 90.5 Å². The molecule has 9 heteroatoms. The van der Waals surface area contributed by atoms with Crippen molar-refractivity contribution in [1.82, 2.24) is 14.8 Å². The molecule has 2 aromatic carbocycles. The van der Waals surface area contributed by atoms with Gasteiger partial charge in [0.05, 0.1) is 11.2 Å². The van der Waals surface area contributed by atoms with E-state index in [9.17, 15) is 14.7 Å². The molecule has 3 aliphatic carbocycles. The average molecular weight is 731 g/mol. The number of aliphatic hydroxyl groups is 1. The molecule has 9 nitrogen and oxygen atoms in total. The number of pyridine rings is 1.